The average Bonchev–Trinajstić information content (AvgIpc) is 2.86. The highest BCUT2D eigenvalue weighted by molar-refractivity contribution is 5.68. The van der Waals surface area contributed by atoms with E-state index in [1.165, 1.54) is 25.7 Å². The quantitative estimate of drug-likeness (QED) is 0.732. The minimum Gasteiger partial charge on any atom is -0.444 e. The van der Waals surface area contributed by atoms with Crippen molar-refractivity contribution in [2.45, 2.75) is 70.6 Å². The van der Waals surface area contributed by atoms with E-state index in [-0.39, 0.29) is 6.09 Å². The Labute approximate surface area is 115 Å². The predicted molar refractivity (Wildman–Crippen MR) is 74.0 cm³/mol. The second kappa shape index (κ2) is 4.37. The Morgan fingerprint density at radius 1 is 1.26 bits per heavy atom. The fraction of sp³-hybridized carbons (Fsp3) is 0.933. The van der Waals surface area contributed by atoms with Gasteiger partial charge in [0, 0.05) is 30.6 Å². The Morgan fingerprint density at radius 3 is 2.79 bits per heavy atom. The van der Waals surface area contributed by atoms with Crippen molar-refractivity contribution in [2.24, 2.45) is 5.41 Å². The number of rotatable bonds is 0. The van der Waals surface area contributed by atoms with Crippen molar-refractivity contribution in [1.82, 2.24) is 10.2 Å². The number of hydrogen-bond donors (Lipinski definition) is 1. The first-order valence-electron chi connectivity index (χ1n) is 7.62. The lowest BCUT2D eigenvalue weighted by Crippen LogP contribution is -2.50. The largest absolute Gasteiger partial charge is 0.444 e. The zero-order valence-corrected chi connectivity index (χ0v) is 12.4. The Kier molecular flexibility index (Phi) is 3.04. The number of hydrogen-bond acceptors (Lipinski definition) is 3. The molecule has 0 aromatic carbocycles. The van der Waals surface area contributed by atoms with Crippen LogP contribution in [-0.4, -0.2) is 41.8 Å². The van der Waals surface area contributed by atoms with Gasteiger partial charge in [0.2, 0.25) is 0 Å². The van der Waals surface area contributed by atoms with Gasteiger partial charge >= 0.3 is 6.09 Å². The maximum Gasteiger partial charge on any atom is 0.410 e. The molecule has 3 rings (SSSR count). The molecule has 19 heavy (non-hydrogen) atoms. The summed E-state index contributed by atoms with van der Waals surface area (Å²) < 4.78 is 5.50. The Hall–Kier alpha value is -0.770. The molecule has 0 aliphatic carbocycles. The Morgan fingerprint density at radius 2 is 2.05 bits per heavy atom. The topological polar surface area (TPSA) is 41.6 Å². The minimum atomic E-state index is -0.393. The first kappa shape index (κ1) is 13.2. The molecule has 0 saturated carbocycles. The first-order valence-corrected chi connectivity index (χ1v) is 7.62. The molecule has 3 unspecified atom stereocenters. The van der Waals surface area contributed by atoms with E-state index in [1.54, 1.807) is 0 Å². The number of fused-ring (bicyclic) bond motifs is 3. The van der Waals surface area contributed by atoms with Gasteiger partial charge in [0.1, 0.15) is 5.60 Å². The molecule has 1 N–H and O–H groups in total. The van der Waals surface area contributed by atoms with E-state index in [0.29, 0.717) is 11.5 Å². The van der Waals surface area contributed by atoms with Crippen LogP contribution >= 0.6 is 0 Å². The van der Waals surface area contributed by atoms with E-state index in [4.69, 9.17) is 4.74 Å². The van der Waals surface area contributed by atoms with Crippen LogP contribution in [0.25, 0.3) is 0 Å². The van der Waals surface area contributed by atoms with E-state index in [0.717, 1.165) is 25.6 Å². The summed E-state index contributed by atoms with van der Waals surface area (Å²) in [6.07, 6.45) is 6.15. The van der Waals surface area contributed by atoms with Crippen LogP contribution in [0.4, 0.5) is 4.79 Å². The molecular weight excluding hydrogens is 240 g/mol. The summed E-state index contributed by atoms with van der Waals surface area (Å²) in [4.78, 5) is 14.1. The van der Waals surface area contributed by atoms with Gasteiger partial charge in [-0.15, -0.1) is 0 Å². The third-order valence-corrected chi connectivity index (χ3v) is 5.01. The maximum absolute atomic E-state index is 12.2. The van der Waals surface area contributed by atoms with E-state index in [2.05, 4.69) is 5.32 Å². The van der Waals surface area contributed by atoms with Crippen LogP contribution < -0.4 is 5.32 Å². The SMILES string of the molecule is CC(C)(C)OC(=O)N1CCC2(CCC3CCC2N3)C1. The lowest BCUT2D eigenvalue weighted by molar-refractivity contribution is 0.0253. The average molecular weight is 266 g/mol. The summed E-state index contributed by atoms with van der Waals surface area (Å²) in [6.45, 7) is 7.53. The van der Waals surface area contributed by atoms with Gasteiger partial charge in [0.05, 0.1) is 0 Å². The Balaban J connectivity index is 1.65. The number of ether oxygens (including phenoxy) is 1. The number of nitrogens with zero attached hydrogens (tertiary/aromatic N) is 1. The lowest BCUT2D eigenvalue weighted by Gasteiger charge is -2.40. The van der Waals surface area contributed by atoms with Gasteiger partial charge in [-0.05, 0) is 52.9 Å². The van der Waals surface area contributed by atoms with E-state index >= 15 is 0 Å². The van der Waals surface area contributed by atoms with E-state index in [1.807, 2.05) is 25.7 Å². The van der Waals surface area contributed by atoms with E-state index < -0.39 is 5.60 Å². The third-order valence-electron chi connectivity index (χ3n) is 5.01. The van der Waals surface area contributed by atoms with Crippen molar-refractivity contribution in [1.29, 1.82) is 0 Å². The van der Waals surface area contributed by atoms with Crippen molar-refractivity contribution < 1.29 is 9.53 Å². The highest BCUT2D eigenvalue weighted by Gasteiger charge is 2.51. The third kappa shape index (κ3) is 2.47. The molecule has 0 aromatic heterocycles. The molecule has 4 heteroatoms. The summed E-state index contributed by atoms with van der Waals surface area (Å²) >= 11 is 0. The summed E-state index contributed by atoms with van der Waals surface area (Å²) in [5, 5.41) is 3.75. The zero-order chi connectivity index (χ0) is 13.7. The van der Waals surface area contributed by atoms with Crippen LogP contribution in [0.2, 0.25) is 0 Å². The van der Waals surface area contributed by atoms with Crippen LogP contribution in [0.5, 0.6) is 0 Å². The molecule has 3 saturated heterocycles. The summed E-state index contributed by atoms with van der Waals surface area (Å²) in [7, 11) is 0. The van der Waals surface area contributed by atoms with Gasteiger partial charge in [0.15, 0.2) is 0 Å². The standard InChI is InChI=1S/C15H26N2O2/c1-14(2,3)19-13(18)17-9-8-15(10-17)7-6-11-4-5-12(15)16-11/h11-12,16H,4-10H2,1-3H3. The van der Waals surface area contributed by atoms with Crippen molar-refractivity contribution in [3.8, 4) is 0 Å². The number of carbonyl (C=O) groups excluding carboxylic acids is 1. The molecule has 1 spiro atoms. The smallest absolute Gasteiger partial charge is 0.410 e. The van der Waals surface area contributed by atoms with Crippen molar-refractivity contribution >= 4 is 6.09 Å². The number of amides is 1. The molecule has 0 radical (unpaired) electrons. The summed E-state index contributed by atoms with van der Waals surface area (Å²) in [5.74, 6) is 0. The van der Waals surface area contributed by atoms with Crippen LogP contribution in [0.1, 0.15) is 52.9 Å². The monoisotopic (exact) mass is 266 g/mol. The fourth-order valence-corrected chi connectivity index (χ4v) is 4.03. The molecule has 3 heterocycles. The molecule has 1 amide bonds. The zero-order valence-electron chi connectivity index (χ0n) is 12.4. The predicted octanol–water partition coefficient (Wildman–Crippen LogP) is 2.53. The molecule has 4 nitrogen and oxygen atoms in total. The molecule has 108 valence electrons. The molecule has 3 atom stereocenters. The van der Waals surface area contributed by atoms with Gasteiger partial charge in [-0.25, -0.2) is 4.79 Å². The molecule has 2 bridgehead atoms. The van der Waals surface area contributed by atoms with Gasteiger partial charge in [-0.2, -0.15) is 0 Å². The highest BCUT2D eigenvalue weighted by Crippen LogP contribution is 2.47. The molecule has 3 aliphatic heterocycles. The number of piperidine rings is 1. The second-order valence-corrected chi connectivity index (χ2v) is 7.55. The van der Waals surface area contributed by atoms with Gasteiger partial charge in [0.25, 0.3) is 0 Å². The van der Waals surface area contributed by atoms with Gasteiger partial charge in [-0.1, -0.05) is 0 Å². The van der Waals surface area contributed by atoms with Crippen molar-refractivity contribution in [2.75, 3.05) is 13.1 Å². The molecular formula is C15H26N2O2. The minimum absolute atomic E-state index is 0.135. The van der Waals surface area contributed by atoms with Crippen LogP contribution in [0.3, 0.4) is 0 Å². The van der Waals surface area contributed by atoms with Gasteiger partial charge < -0.3 is 15.0 Å². The van der Waals surface area contributed by atoms with Crippen LogP contribution in [0, 0.1) is 5.41 Å². The lowest BCUT2D eigenvalue weighted by atomic mass is 9.74. The molecule has 3 fully saturated rings. The highest BCUT2D eigenvalue weighted by atomic mass is 16.6. The van der Waals surface area contributed by atoms with Gasteiger partial charge in [-0.3, -0.25) is 0 Å². The Bertz CT molecular complexity index is 377. The molecule has 0 aromatic rings. The number of nitrogens with one attached hydrogen (secondary N) is 1. The number of likely N-dealkylation sites (tertiary alicyclic amines) is 1. The normalized spacial score (nSPS) is 37.9. The summed E-state index contributed by atoms with van der Waals surface area (Å²) in [6, 6.07) is 1.37. The fourth-order valence-electron chi connectivity index (χ4n) is 4.03. The summed E-state index contributed by atoms with van der Waals surface area (Å²) in [5.41, 5.74) is -0.0694. The van der Waals surface area contributed by atoms with Crippen molar-refractivity contribution in [3.05, 3.63) is 0 Å². The van der Waals surface area contributed by atoms with Crippen molar-refractivity contribution in [3.63, 3.8) is 0 Å². The van der Waals surface area contributed by atoms with Crippen LogP contribution in [0.15, 0.2) is 0 Å². The second-order valence-electron chi connectivity index (χ2n) is 7.55. The van der Waals surface area contributed by atoms with E-state index in [9.17, 15) is 4.79 Å². The number of carbonyl (C=O) groups is 1. The van der Waals surface area contributed by atoms with Crippen LogP contribution in [-0.2, 0) is 4.74 Å². The first-order chi connectivity index (χ1) is 8.88. The maximum atomic E-state index is 12.2. The molecule has 3 aliphatic rings.